The summed E-state index contributed by atoms with van der Waals surface area (Å²) in [6.45, 7) is 47.2. The van der Waals surface area contributed by atoms with Crippen LogP contribution < -0.4 is 0 Å². The highest BCUT2D eigenvalue weighted by molar-refractivity contribution is 5.78. The lowest BCUT2D eigenvalue weighted by atomic mass is 9.68. The summed E-state index contributed by atoms with van der Waals surface area (Å²) < 4.78 is 29.3. The predicted octanol–water partition coefficient (Wildman–Crippen LogP) is 20.9. The van der Waals surface area contributed by atoms with Crippen LogP contribution in [0.25, 0.3) is 0 Å². The number of esters is 5. The molecule has 10 nitrogen and oxygen atoms in total. The van der Waals surface area contributed by atoms with E-state index in [-0.39, 0.29) is 90.3 Å². The summed E-state index contributed by atoms with van der Waals surface area (Å²) in [5.41, 5.74) is -2.70. The normalized spacial score (nSPS) is 20.7. The van der Waals surface area contributed by atoms with Crippen molar-refractivity contribution in [2.45, 2.75) is 393 Å². The van der Waals surface area contributed by atoms with Gasteiger partial charge in [-0.2, -0.15) is 0 Å². The number of hydrogen-bond donors (Lipinski definition) is 0. The van der Waals surface area contributed by atoms with Gasteiger partial charge >= 0.3 is 29.8 Å². The third-order valence-electron chi connectivity index (χ3n) is 21.0. The van der Waals surface area contributed by atoms with Crippen molar-refractivity contribution in [2.24, 2.45) is 38.4 Å². The van der Waals surface area contributed by atoms with Gasteiger partial charge < -0.3 is 23.7 Å². The first-order chi connectivity index (χ1) is 37.7. The number of carbonyl (C=O) groups excluding carboxylic acids is 5. The standard InChI is InChI=1S/C16H30O2.C15H28O2.2C14H26O2.C13H24O2/c1-7-15(5,6)13(17)18-16(14(2,3)4)11-9-8-10-12-16;1-6-14(4,5)13(16)17-15(12(2)3)10-8-7-9-11-15;1-5-13(2,3)12(15)16-14(4)10-8-6-7-9-11-14;1-5-13(3,4)12(15)16-14(6-2)10-8-7-9-11-14;1-5-12(2,3)11(14)15-13(4)9-7-6-8-10-13/h7-12H2,1-6H3;12H,6-11H2,1-5H3;2*5-11H2,1-4H3;5-10H2,1-4H3. The molecular weight excluding hydrogens is 1020 g/mol. The molecule has 0 bridgehead atoms. The molecular formula is C72H134O10. The maximum absolute atomic E-state index is 12.4. The van der Waals surface area contributed by atoms with Crippen molar-refractivity contribution in [3.05, 3.63) is 0 Å². The van der Waals surface area contributed by atoms with Gasteiger partial charge in [-0.1, -0.05) is 115 Å². The molecule has 82 heavy (non-hydrogen) atoms. The molecule has 5 rings (SSSR count). The number of hydrogen-bond acceptors (Lipinski definition) is 10. The fraction of sp³-hybridized carbons (Fsp3) is 0.931. The molecule has 0 aromatic rings. The average Bonchev–Trinajstić information content (AvgIpc) is 3.65. The zero-order valence-corrected chi connectivity index (χ0v) is 58.3. The van der Waals surface area contributed by atoms with Gasteiger partial charge in [0.1, 0.15) is 28.0 Å². The second-order valence-electron chi connectivity index (χ2n) is 31.2. The lowest BCUT2D eigenvalue weighted by Crippen LogP contribution is -2.50. The van der Waals surface area contributed by atoms with E-state index in [4.69, 9.17) is 23.7 Å². The van der Waals surface area contributed by atoms with Crippen molar-refractivity contribution >= 4 is 29.8 Å². The fourth-order valence-electron chi connectivity index (χ4n) is 11.2. The molecule has 0 heterocycles. The second kappa shape index (κ2) is 33.5. The van der Waals surface area contributed by atoms with E-state index in [2.05, 4.69) is 55.4 Å². The molecule has 0 radical (unpaired) electrons. The lowest BCUT2D eigenvalue weighted by Gasteiger charge is -2.47. The summed E-state index contributed by atoms with van der Waals surface area (Å²) in [6.07, 6.45) is 35.0. The van der Waals surface area contributed by atoms with Crippen molar-refractivity contribution in [3.63, 3.8) is 0 Å². The molecule has 0 aromatic heterocycles. The van der Waals surface area contributed by atoms with Crippen LogP contribution in [0.1, 0.15) is 365 Å². The molecule has 0 atom stereocenters. The summed E-state index contributed by atoms with van der Waals surface area (Å²) in [6, 6.07) is 0. The summed E-state index contributed by atoms with van der Waals surface area (Å²) in [5.74, 6) is 0.296. The number of rotatable bonds is 17. The highest BCUT2D eigenvalue weighted by Crippen LogP contribution is 2.47. The van der Waals surface area contributed by atoms with Crippen LogP contribution in [0.5, 0.6) is 0 Å². The smallest absolute Gasteiger partial charge is 0.312 e. The van der Waals surface area contributed by atoms with Gasteiger partial charge in [-0.05, 0) is 256 Å². The van der Waals surface area contributed by atoms with E-state index < -0.39 is 0 Å². The SMILES string of the molecule is CCC(C)(C)C(=O)OC1(C(C)(C)C)CCCCC1.CCC(C)(C)C(=O)OC1(C(C)C)CCCCC1.CCC(C)(C)C(=O)OC1(C)CCCCC1.CCC(C)(C)C(=O)OC1(C)CCCCCC1.CCC1(OC(=O)C(C)(C)CC)CCCCC1. The van der Waals surface area contributed by atoms with E-state index in [9.17, 15) is 24.0 Å². The van der Waals surface area contributed by atoms with Crippen molar-refractivity contribution in [2.75, 3.05) is 0 Å². The molecule has 5 aliphatic rings. The molecule has 5 aliphatic carbocycles. The first-order valence-corrected chi connectivity index (χ1v) is 33.9. The summed E-state index contributed by atoms with van der Waals surface area (Å²) in [4.78, 5) is 60.8. The van der Waals surface area contributed by atoms with Crippen molar-refractivity contribution in [1.82, 2.24) is 0 Å². The van der Waals surface area contributed by atoms with Gasteiger partial charge in [0, 0.05) is 5.41 Å². The second-order valence-corrected chi connectivity index (χ2v) is 31.2. The molecule has 5 fully saturated rings. The third kappa shape index (κ3) is 24.3. The predicted molar refractivity (Wildman–Crippen MR) is 340 cm³/mol. The molecule has 0 aliphatic heterocycles. The van der Waals surface area contributed by atoms with Crippen LogP contribution in [-0.4, -0.2) is 57.9 Å². The van der Waals surface area contributed by atoms with Crippen LogP contribution in [0.3, 0.4) is 0 Å². The Morgan fingerprint density at radius 1 is 0.329 bits per heavy atom. The Hall–Kier alpha value is -2.65. The Morgan fingerprint density at radius 2 is 0.573 bits per heavy atom. The minimum Gasteiger partial charge on any atom is -0.459 e. The quantitative estimate of drug-likeness (QED) is 0.0788. The first-order valence-electron chi connectivity index (χ1n) is 33.9. The Bertz CT molecular complexity index is 1880. The zero-order valence-electron chi connectivity index (χ0n) is 58.3. The van der Waals surface area contributed by atoms with Crippen LogP contribution in [0, 0.1) is 38.4 Å². The largest absolute Gasteiger partial charge is 0.459 e. The highest BCUT2D eigenvalue weighted by atomic mass is 16.6. The maximum atomic E-state index is 12.4. The number of carbonyl (C=O) groups is 5. The van der Waals surface area contributed by atoms with Crippen LogP contribution in [0.15, 0.2) is 0 Å². The molecule has 0 aromatic carbocycles. The van der Waals surface area contributed by atoms with Gasteiger partial charge in [0.15, 0.2) is 0 Å². The van der Waals surface area contributed by atoms with E-state index in [1.165, 1.54) is 103 Å². The Morgan fingerprint density at radius 3 is 0.854 bits per heavy atom. The Balaban J connectivity index is 0.000000513. The lowest BCUT2D eigenvalue weighted by molar-refractivity contribution is -0.190. The van der Waals surface area contributed by atoms with Gasteiger partial charge in [0.25, 0.3) is 0 Å². The summed E-state index contributed by atoms with van der Waals surface area (Å²) >= 11 is 0. The van der Waals surface area contributed by atoms with Crippen LogP contribution in [-0.2, 0) is 47.7 Å². The van der Waals surface area contributed by atoms with Crippen LogP contribution in [0.2, 0.25) is 0 Å². The summed E-state index contributed by atoms with van der Waals surface area (Å²) in [7, 11) is 0. The molecule has 0 saturated heterocycles. The van der Waals surface area contributed by atoms with E-state index in [1.54, 1.807) is 0 Å². The van der Waals surface area contributed by atoms with E-state index in [0.717, 1.165) is 103 Å². The number of ether oxygens (including phenoxy) is 5. The molecule has 0 spiro atoms. The van der Waals surface area contributed by atoms with E-state index in [1.807, 2.05) is 104 Å². The highest BCUT2D eigenvalue weighted by Gasteiger charge is 2.48. The molecule has 0 N–H and O–H groups in total. The van der Waals surface area contributed by atoms with Gasteiger partial charge in [-0.3, -0.25) is 24.0 Å². The summed E-state index contributed by atoms with van der Waals surface area (Å²) in [5, 5.41) is 0. The van der Waals surface area contributed by atoms with Crippen molar-refractivity contribution < 1.29 is 47.7 Å². The van der Waals surface area contributed by atoms with Gasteiger partial charge in [0.2, 0.25) is 0 Å². The molecule has 0 unspecified atom stereocenters. The van der Waals surface area contributed by atoms with Crippen molar-refractivity contribution in [1.29, 1.82) is 0 Å². The topological polar surface area (TPSA) is 132 Å². The molecule has 5 saturated carbocycles. The van der Waals surface area contributed by atoms with Crippen LogP contribution >= 0.6 is 0 Å². The minimum atomic E-state index is -0.365. The van der Waals surface area contributed by atoms with Gasteiger partial charge in [0.05, 0.1) is 27.1 Å². The van der Waals surface area contributed by atoms with E-state index >= 15 is 0 Å². The maximum Gasteiger partial charge on any atom is 0.312 e. The molecule has 10 heteroatoms. The van der Waals surface area contributed by atoms with E-state index in [0.29, 0.717) is 5.92 Å². The van der Waals surface area contributed by atoms with Crippen molar-refractivity contribution in [3.8, 4) is 0 Å². The van der Waals surface area contributed by atoms with Gasteiger partial charge in [-0.25, -0.2) is 0 Å². The fourth-order valence-corrected chi connectivity index (χ4v) is 11.2. The molecule has 482 valence electrons. The molecule has 0 amide bonds. The Labute approximate surface area is 506 Å². The minimum absolute atomic E-state index is 0.0150. The zero-order chi connectivity index (χ0) is 63.1. The average molecular weight is 1160 g/mol. The third-order valence-corrected chi connectivity index (χ3v) is 21.0. The van der Waals surface area contributed by atoms with Crippen LogP contribution in [0.4, 0.5) is 0 Å². The van der Waals surface area contributed by atoms with Gasteiger partial charge in [-0.15, -0.1) is 0 Å². The Kier molecular flexibility index (Phi) is 31.6. The monoisotopic (exact) mass is 1160 g/mol. The first kappa shape index (κ1) is 77.4.